The summed E-state index contributed by atoms with van der Waals surface area (Å²) >= 11 is 6.37. The molecule has 0 spiro atoms. The number of Topliss-reactive ketones (excluding diaryl/α,β-unsaturated/α-hetero) is 1. The Kier molecular flexibility index (Phi) is 12.8. The Labute approximate surface area is 374 Å². The molecule has 1 saturated heterocycles. The summed E-state index contributed by atoms with van der Waals surface area (Å²) in [5.41, 5.74) is -0.0880. The molecule has 0 unspecified atom stereocenters. The van der Waals surface area contributed by atoms with Crippen molar-refractivity contribution in [3.05, 3.63) is 114 Å². The number of alkyl halides is 3. The van der Waals surface area contributed by atoms with Crippen LogP contribution in [0.1, 0.15) is 75.3 Å². The Hall–Kier alpha value is -5.54. The number of nitrogens with one attached hydrogen (secondary N) is 1. The third kappa shape index (κ3) is 9.61. The first kappa shape index (κ1) is 45.0. The summed E-state index contributed by atoms with van der Waals surface area (Å²) < 4.78 is 81.4. The average molecular weight is 917 g/mol. The molecule has 3 aliphatic rings. The number of hydrogen-bond donors (Lipinski definition) is 1. The first-order valence-corrected chi connectivity index (χ1v) is 23.4. The zero-order valence-electron chi connectivity index (χ0n) is 35.0. The maximum absolute atomic E-state index is 15.0. The lowest BCUT2D eigenvalue weighted by atomic mass is 9.89. The van der Waals surface area contributed by atoms with E-state index in [1.54, 1.807) is 42.5 Å². The quantitative estimate of drug-likeness (QED) is 0.0631. The SMILES string of the molecule is C=CCCCCC[C@H](Cc1cccc(Cl)c1)C(=O)N1C[C@H](Oc2nc(-c3ccc(C(F)(F)F)cc3)nc3c2oc2ccccc23)C[C@H]1C(=O)C[C@]1(C(=O)NS(=O)(=O)C2CC2)C[C@H]1C=C. The molecule has 5 atom stereocenters. The molecule has 1 aliphatic heterocycles. The fraction of sp³-hybridized carbons (Fsp3) is 0.396. The van der Waals surface area contributed by atoms with Crippen LogP contribution in [0.4, 0.5) is 13.2 Å². The molecule has 2 aliphatic carbocycles. The summed E-state index contributed by atoms with van der Waals surface area (Å²) in [5, 5.41) is 0.474. The number of rotatable bonds is 19. The van der Waals surface area contributed by atoms with Gasteiger partial charge in [0.05, 0.1) is 28.8 Å². The summed E-state index contributed by atoms with van der Waals surface area (Å²) in [4.78, 5) is 54.4. The molecular weight excluding hydrogens is 869 g/mol. The van der Waals surface area contributed by atoms with Crippen molar-refractivity contribution in [1.82, 2.24) is 19.6 Å². The van der Waals surface area contributed by atoms with Crippen molar-refractivity contribution in [1.29, 1.82) is 0 Å². The number of nitrogens with zero attached hydrogens (tertiary/aromatic N) is 3. The van der Waals surface area contributed by atoms with Gasteiger partial charge in [-0.1, -0.05) is 73.0 Å². The first-order chi connectivity index (χ1) is 30.6. The van der Waals surface area contributed by atoms with Gasteiger partial charge in [-0.15, -0.1) is 13.2 Å². The fourth-order valence-corrected chi connectivity index (χ4v) is 10.4. The lowest BCUT2D eigenvalue weighted by Crippen LogP contribution is -2.46. The lowest BCUT2D eigenvalue weighted by molar-refractivity contribution is -0.142. The third-order valence-electron chi connectivity index (χ3n) is 12.6. The van der Waals surface area contributed by atoms with E-state index in [9.17, 15) is 31.2 Å². The van der Waals surface area contributed by atoms with Crippen LogP contribution in [-0.4, -0.2) is 64.8 Å². The van der Waals surface area contributed by atoms with E-state index in [0.29, 0.717) is 47.2 Å². The van der Waals surface area contributed by atoms with E-state index in [0.717, 1.165) is 43.4 Å². The summed E-state index contributed by atoms with van der Waals surface area (Å²) in [7, 11) is -3.92. The van der Waals surface area contributed by atoms with Crippen LogP contribution in [0.2, 0.25) is 5.02 Å². The van der Waals surface area contributed by atoms with Gasteiger partial charge in [-0.25, -0.2) is 13.4 Å². The van der Waals surface area contributed by atoms with E-state index < -0.39 is 68.1 Å². The van der Waals surface area contributed by atoms with Gasteiger partial charge >= 0.3 is 6.18 Å². The van der Waals surface area contributed by atoms with Gasteiger partial charge in [-0.05, 0) is 92.8 Å². The molecule has 11 nitrogen and oxygen atoms in total. The number of ketones is 1. The van der Waals surface area contributed by atoms with Crippen LogP contribution in [-0.2, 0) is 37.0 Å². The molecule has 16 heteroatoms. The highest BCUT2D eigenvalue weighted by molar-refractivity contribution is 7.90. The minimum atomic E-state index is -4.55. The van der Waals surface area contributed by atoms with Gasteiger partial charge in [-0.3, -0.25) is 19.1 Å². The van der Waals surface area contributed by atoms with Crippen LogP contribution < -0.4 is 9.46 Å². The van der Waals surface area contributed by atoms with Crippen molar-refractivity contribution < 1.29 is 45.1 Å². The molecular formula is C48H48ClF3N4O7S. The van der Waals surface area contributed by atoms with Crippen LogP contribution in [0.5, 0.6) is 5.88 Å². The van der Waals surface area contributed by atoms with E-state index in [1.165, 1.54) is 17.0 Å². The normalized spacial score (nSPS) is 21.4. The number of amides is 2. The van der Waals surface area contributed by atoms with Crippen LogP contribution in [0.3, 0.4) is 0 Å². The van der Waals surface area contributed by atoms with E-state index in [1.807, 2.05) is 18.2 Å². The van der Waals surface area contributed by atoms with Gasteiger partial charge in [0, 0.05) is 34.7 Å². The molecule has 1 N–H and O–H groups in total. The number of fused-ring (bicyclic) bond motifs is 3. The Morgan fingerprint density at radius 2 is 1.78 bits per heavy atom. The molecule has 5 aromatic rings. The molecule has 2 saturated carbocycles. The number of allylic oxidation sites excluding steroid dienone is 2. The van der Waals surface area contributed by atoms with Crippen LogP contribution in [0, 0.1) is 17.3 Å². The largest absolute Gasteiger partial charge is 0.470 e. The van der Waals surface area contributed by atoms with Gasteiger partial charge < -0.3 is 14.1 Å². The Morgan fingerprint density at radius 3 is 2.47 bits per heavy atom. The van der Waals surface area contributed by atoms with Gasteiger partial charge in [0.25, 0.3) is 5.88 Å². The molecule has 0 bridgehead atoms. The Morgan fingerprint density at radius 1 is 1.02 bits per heavy atom. The van der Waals surface area contributed by atoms with E-state index in [2.05, 4.69) is 22.9 Å². The number of carbonyl (C=O) groups is 3. The van der Waals surface area contributed by atoms with Crippen molar-refractivity contribution in [2.75, 3.05) is 6.54 Å². The number of unbranched alkanes of at least 4 members (excludes halogenated alkanes) is 3. The highest BCUT2D eigenvalue weighted by atomic mass is 35.5. The zero-order chi connectivity index (χ0) is 45.4. The van der Waals surface area contributed by atoms with Crippen molar-refractivity contribution in [2.24, 2.45) is 17.3 Å². The fourth-order valence-electron chi connectivity index (χ4n) is 8.83. The minimum absolute atomic E-state index is 0.00798. The smallest absolute Gasteiger partial charge is 0.416 e. The average Bonchev–Trinajstić information content (AvgIpc) is 4.17. The number of para-hydroxylation sites is 1. The number of likely N-dealkylation sites (tertiary alicyclic amines) is 1. The van der Waals surface area contributed by atoms with E-state index in [4.69, 9.17) is 25.7 Å². The molecule has 64 heavy (non-hydrogen) atoms. The van der Waals surface area contributed by atoms with Crippen LogP contribution in [0.25, 0.3) is 33.5 Å². The standard InChI is InChI=1S/C48H48ClF3N4O7S/c1-3-5-6-7-8-13-31(23-29-12-11-14-34(49)24-29)45(58)56-28-35(25-38(56)39(57)27-47(26-32(47)4-2)46(59)55-64(60,61)36-21-22-36)62-44-42-41(37-15-9-10-16-40(37)63-42)53-43(54-44)30-17-19-33(20-18-30)48(50,51)52/h3-4,9-12,14-20,24,31-32,35-36,38H,1-2,5-8,13,21-23,25-28H2,(H,55,59)/t31-,32-,35-,38+,47-/m1/s1. The molecule has 2 amide bonds. The maximum Gasteiger partial charge on any atom is 0.416 e. The summed E-state index contributed by atoms with van der Waals surface area (Å²) in [6, 6.07) is 17.7. The molecule has 8 rings (SSSR count). The second-order valence-corrected chi connectivity index (χ2v) is 19.6. The van der Waals surface area contributed by atoms with Crippen molar-refractivity contribution in [2.45, 2.75) is 94.2 Å². The lowest BCUT2D eigenvalue weighted by Gasteiger charge is -2.29. The number of sulfonamides is 1. The number of hydrogen-bond acceptors (Lipinski definition) is 9. The molecule has 336 valence electrons. The van der Waals surface area contributed by atoms with Gasteiger partial charge in [0.1, 0.15) is 17.2 Å². The Bertz CT molecular complexity index is 2720. The van der Waals surface area contributed by atoms with Gasteiger partial charge in [0.2, 0.25) is 27.4 Å². The van der Waals surface area contributed by atoms with Gasteiger partial charge in [0.15, 0.2) is 11.6 Å². The zero-order valence-corrected chi connectivity index (χ0v) is 36.6. The number of benzene rings is 3. The van der Waals surface area contributed by atoms with Gasteiger partial charge in [-0.2, -0.15) is 18.2 Å². The van der Waals surface area contributed by atoms with Crippen LogP contribution in [0.15, 0.2) is 103 Å². The van der Waals surface area contributed by atoms with Crippen LogP contribution >= 0.6 is 11.6 Å². The van der Waals surface area contributed by atoms with E-state index >= 15 is 4.79 Å². The first-order valence-electron chi connectivity index (χ1n) is 21.5. The number of halogens is 4. The Balaban J connectivity index is 1.14. The van der Waals surface area contributed by atoms with E-state index in [-0.39, 0.29) is 54.6 Å². The highest BCUT2D eigenvalue weighted by Gasteiger charge is 2.61. The minimum Gasteiger partial charge on any atom is -0.470 e. The molecule has 3 heterocycles. The molecule has 0 radical (unpaired) electrons. The molecule has 2 aromatic heterocycles. The molecule has 3 aromatic carbocycles. The molecule has 3 fully saturated rings. The number of furan rings is 1. The predicted molar refractivity (Wildman–Crippen MR) is 237 cm³/mol. The summed E-state index contributed by atoms with van der Waals surface area (Å²) in [6.07, 6.45) is 2.94. The van der Waals surface area contributed by atoms with Crippen molar-refractivity contribution >= 4 is 61.3 Å². The monoisotopic (exact) mass is 916 g/mol. The second-order valence-electron chi connectivity index (χ2n) is 17.2. The predicted octanol–water partition coefficient (Wildman–Crippen LogP) is 9.82. The number of carbonyl (C=O) groups excluding carboxylic acids is 3. The maximum atomic E-state index is 15.0. The topological polar surface area (TPSA) is 149 Å². The summed E-state index contributed by atoms with van der Waals surface area (Å²) in [5.74, 6) is -2.47. The second kappa shape index (κ2) is 18.1. The highest BCUT2D eigenvalue weighted by Crippen LogP contribution is 2.57. The number of aromatic nitrogens is 2. The van der Waals surface area contributed by atoms with Crippen molar-refractivity contribution in [3.63, 3.8) is 0 Å². The third-order valence-corrected chi connectivity index (χ3v) is 14.6. The van der Waals surface area contributed by atoms with Crippen molar-refractivity contribution in [3.8, 4) is 17.3 Å². The number of ether oxygens (including phenoxy) is 1. The summed E-state index contributed by atoms with van der Waals surface area (Å²) in [6.45, 7) is 7.59.